The molecule has 0 heterocycles. The van der Waals surface area contributed by atoms with Crippen LogP contribution in [-0.2, 0) is 0 Å². The Morgan fingerprint density at radius 2 is 2.43 bits per heavy atom. The van der Waals surface area contributed by atoms with Gasteiger partial charge in [-0.3, -0.25) is 0 Å². The van der Waals surface area contributed by atoms with E-state index in [-0.39, 0.29) is 0 Å². The van der Waals surface area contributed by atoms with Crippen LogP contribution in [0.4, 0.5) is 0 Å². The second kappa shape index (κ2) is 3.83. The average Bonchev–Trinajstić information content (AvgIpc) is 1.68. The first kappa shape index (κ1) is 6.65. The van der Waals surface area contributed by atoms with Crippen LogP contribution in [0, 0.1) is 12.3 Å². The van der Waals surface area contributed by atoms with E-state index in [0.29, 0.717) is 0 Å². The van der Waals surface area contributed by atoms with E-state index in [9.17, 15) is 0 Å². The van der Waals surface area contributed by atoms with Gasteiger partial charge >= 0.3 is 0 Å². The van der Waals surface area contributed by atoms with Crippen molar-refractivity contribution in [3.63, 3.8) is 0 Å². The maximum Gasteiger partial charge on any atom is -0.00292 e. The molecule has 0 aliphatic carbocycles. The van der Waals surface area contributed by atoms with Crippen molar-refractivity contribution in [1.29, 1.82) is 0 Å². The van der Waals surface area contributed by atoms with E-state index in [1.807, 2.05) is 13.2 Å². The minimum Gasteiger partial charge on any atom is -0.134 e. The molecule has 1 heteroatoms. The predicted octanol–water partition coefficient (Wildman–Crippen LogP) is 1.89. The Morgan fingerprint density at radius 3 is 2.57 bits per heavy atom. The quantitative estimate of drug-likeness (QED) is 0.467. The molecule has 0 unspecified atom stereocenters. The maximum absolute atomic E-state index is 4.97. The first-order valence-electron chi connectivity index (χ1n) is 1.98. The van der Waals surface area contributed by atoms with E-state index < -0.39 is 0 Å². The lowest BCUT2D eigenvalue weighted by Gasteiger charge is -1.84. The second-order valence-corrected chi connectivity index (χ2v) is 2.18. The Kier molecular flexibility index (Phi) is 3.64. The van der Waals surface area contributed by atoms with Crippen LogP contribution in [0.15, 0.2) is 11.0 Å². The molecule has 0 fully saturated rings. The summed E-state index contributed by atoms with van der Waals surface area (Å²) in [6.45, 7) is 1.99. The molecular weight excluding hydrogens is 104 g/mol. The first-order chi connectivity index (χ1) is 3.31. The van der Waals surface area contributed by atoms with E-state index in [4.69, 9.17) is 6.42 Å². The Hall–Kier alpha value is -0.350. The van der Waals surface area contributed by atoms with Crippen LogP contribution in [0.5, 0.6) is 0 Å². The largest absolute Gasteiger partial charge is 0.134 e. The Balaban J connectivity index is 3.56. The number of rotatable bonds is 1. The molecule has 0 aliphatic rings. The topological polar surface area (TPSA) is 0 Å². The number of hydrogen-bond donors (Lipinski definition) is 0. The molecule has 0 spiro atoms. The molecule has 0 atom stereocenters. The van der Waals surface area contributed by atoms with Gasteiger partial charge in [0.25, 0.3) is 0 Å². The minimum absolute atomic E-state index is 1.18. The average molecular weight is 112 g/mol. The molecule has 0 aromatic carbocycles. The fourth-order valence-corrected chi connectivity index (χ4v) is 0.362. The molecule has 0 amide bonds. The van der Waals surface area contributed by atoms with Crippen molar-refractivity contribution in [2.45, 2.75) is 6.92 Å². The summed E-state index contributed by atoms with van der Waals surface area (Å²) >= 11 is 1.67. The highest BCUT2D eigenvalue weighted by atomic mass is 32.2. The van der Waals surface area contributed by atoms with Gasteiger partial charge in [-0.05, 0) is 24.2 Å². The molecule has 7 heavy (non-hydrogen) atoms. The lowest BCUT2D eigenvalue weighted by Crippen LogP contribution is -1.58. The van der Waals surface area contributed by atoms with Crippen LogP contribution >= 0.6 is 11.8 Å². The van der Waals surface area contributed by atoms with Crippen LogP contribution in [0.2, 0.25) is 0 Å². The van der Waals surface area contributed by atoms with Crippen molar-refractivity contribution in [3.8, 4) is 12.3 Å². The summed E-state index contributed by atoms with van der Waals surface area (Å²) in [6, 6.07) is 0. The standard InChI is InChI=1S/C6H8S/c1-4-5-6(2)7-3/h1,5H,2-3H3/b6-5-. The van der Waals surface area contributed by atoms with Gasteiger partial charge in [-0.15, -0.1) is 18.2 Å². The summed E-state index contributed by atoms with van der Waals surface area (Å²) in [7, 11) is 0. The van der Waals surface area contributed by atoms with E-state index in [1.165, 1.54) is 4.91 Å². The van der Waals surface area contributed by atoms with Crippen LogP contribution in [0.1, 0.15) is 6.92 Å². The van der Waals surface area contributed by atoms with Crippen molar-refractivity contribution in [2.75, 3.05) is 6.26 Å². The highest BCUT2D eigenvalue weighted by molar-refractivity contribution is 8.02. The van der Waals surface area contributed by atoms with E-state index in [2.05, 4.69) is 5.92 Å². The van der Waals surface area contributed by atoms with Gasteiger partial charge in [0.15, 0.2) is 0 Å². The molecule has 0 radical (unpaired) electrons. The molecule has 0 bridgehead atoms. The van der Waals surface area contributed by atoms with Crippen LogP contribution < -0.4 is 0 Å². The van der Waals surface area contributed by atoms with Gasteiger partial charge in [0.05, 0.1) is 0 Å². The third-order valence-corrected chi connectivity index (χ3v) is 1.37. The number of hydrogen-bond acceptors (Lipinski definition) is 1. The monoisotopic (exact) mass is 112 g/mol. The number of terminal acetylenes is 1. The van der Waals surface area contributed by atoms with E-state index >= 15 is 0 Å². The summed E-state index contributed by atoms with van der Waals surface area (Å²) in [5.41, 5.74) is 0. The molecule has 0 nitrogen and oxygen atoms in total. The van der Waals surface area contributed by atoms with Gasteiger partial charge in [0.2, 0.25) is 0 Å². The van der Waals surface area contributed by atoms with Gasteiger partial charge in [0, 0.05) is 0 Å². The van der Waals surface area contributed by atoms with Crippen LogP contribution in [0.3, 0.4) is 0 Å². The zero-order valence-electron chi connectivity index (χ0n) is 4.56. The van der Waals surface area contributed by atoms with Gasteiger partial charge in [0.1, 0.15) is 0 Å². The van der Waals surface area contributed by atoms with E-state index in [0.717, 1.165) is 0 Å². The molecule has 38 valence electrons. The molecule has 0 saturated heterocycles. The summed E-state index contributed by atoms with van der Waals surface area (Å²) in [6.07, 6.45) is 8.72. The molecule has 0 saturated carbocycles. The number of allylic oxidation sites excluding steroid dienone is 2. The smallest absolute Gasteiger partial charge is 0.00292 e. The van der Waals surface area contributed by atoms with Gasteiger partial charge in [-0.25, -0.2) is 0 Å². The maximum atomic E-state index is 4.97. The van der Waals surface area contributed by atoms with E-state index in [1.54, 1.807) is 17.8 Å². The van der Waals surface area contributed by atoms with Gasteiger partial charge < -0.3 is 0 Å². The molecule has 0 aromatic rings. The summed E-state index contributed by atoms with van der Waals surface area (Å²) in [4.78, 5) is 1.18. The zero-order chi connectivity index (χ0) is 5.70. The van der Waals surface area contributed by atoms with Crippen molar-refractivity contribution in [2.24, 2.45) is 0 Å². The normalized spacial score (nSPS) is 10.7. The molecule has 0 aliphatic heterocycles. The van der Waals surface area contributed by atoms with Crippen LogP contribution in [-0.4, -0.2) is 6.26 Å². The Bertz CT molecular complexity index is 106. The number of thioether (sulfide) groups is 1. The SMILES string of the molecule is C#C/C=C(/C)SC. The van der Waals surface area contributed by atoms with Crippen molar-refractivity contribution in [3.05, 3.63) is 11.0 Å². The summed E-state index contributed by atoms with van der Waals surface area (Å²) in [5.74, 6) is 2.44. The third kappa shape index (κ3) is 3.48. The zero-order valence-corrected chi connectivity index (χ0v) is 5.38. The molecule has 0 N–H and O–H groups in total. The fourth-order valence-electron chi connectivity index (χ4n) is 0.176. The minimum atomic E-state index is 1.18. The Morgan fingerprint density at radius 1 is 1.86 bits per heavy atom. The first-order valence-corrected chi connectivity index (χ1v) is 3.20. The van der Waals surface area contributed by atoms with Crippen LogP contribution in [0.25, 0.3) is 0 Å². The summed E-state index contributed by atoms with van der Waals surface area (Å²) < 4.78 is 0. The lowest BCUT2D eigenvalue weighted by atomic mass is 10.5. The fraction of sp³-hybridized carbons (Fsp3) is 0.333. The molecule has 0 rings (SSSR count). The highest BCUT2D eigenvalue weighted by Crippen LogP contribution is 2.07. The second-order valence-electron chi connectivity index (χ2n) is 1.13. The predicted molar refractivity (Wildman–Crippen MR) is 36.1 cm³/mol. The van der Waals surface area contributed by atoms with Crippen molar-refractivity contribution >= 4 is 11.8 Å². The lowest BCUT2D eigenvalue weighted by molar-refractivity contribution is 1.70. The van der Waals surface area contributed by atoms with Gasteiger partial charge in [-0.2, -0.15) is 0 Å². The van der Waals surface area contributed by atoms with Crippen molar-refractivity contribution in [1.82, 2.24) is 0 Å². The van der Waals surface area contributed by atoms with Gasteiger partial charge in [-0.1, -0.05) is 5.92 Å². The highest BCUT2D eigenvalue weighted by Gasteiger charge is 1.75. The van der Waals surface area contributed by atoms with Crippen molar-refractivity contribution < 1.29 is 0 Å². The molecule has 0 aromatic heterocycles. The summed E-state index contributed by atoms with van der Waals surface area (Å²) in [5, 5.41) is 0. The molecular formula is C6H8S. The third-order valence-electron chi connectivity index (χ3n) is 0.609. The Labute approximate surface area is 49.0 Å².